The normalized spacial score (nSPS) is 12.3. The lowest BCUT2D eigenvalue weighted by molar-refractivity contribution is -0.167. The number of carbonyl (C=O) groups is 3. The van der Waals surface area contributed by atoms with Gasteiger partial charge < -0.3 is 14.2 Å². The average Bonchev–Trinajstić information content (AvgIpc) is 3.47. The standard InChI is InChI=1S/C75H138O6/c1-4-7-10-13-16-19-22-25-28-31-33-34-35-36-37-38-39-40-41-42-43-45-47-50-53-56-59-62-65-68-74(77)80-71-72(70-79-73(76)67-64-61-58-55-52-49-46-30-27-24-21-18-15-12-9-6-3)81-75(78)69-66-63-60-57-54-51-48-44-32-29-26-23-20-17-14-11-8-5-2/h22,25,30-31,33,35-36,46,72H,4-21,23-24,26-29,32,34,37-45,47-71H2,1-3H3/b25-22-,33-31-,36-35-,46-30-. The van der Waals surface area contributed by atoms with Crippen molar-refractivity contribution in [2.45, 2.75) is 399 Å². The number of unbranched alkanes of at least 4 members (excludes halogenated alkanes) is 48. The summed E-state index contributed by atoms with van der Waals surface area (Å²) in [6, 6.07) is 0. The summed E-state index contributed by atoms with van der Waals surface area (Å²) in [4.78, 5) is 38.5. The van der Waals surface area contributed by atoms with Gasteiger partial charge in [-0.2, -0.15) is 0 Å². The van der Waals surface area contributed by atoms with Crippen LogP contribution in [0, 0.1) is 0 Å². The Kier molecular flexibility index (Phi) is 67.6. The van der Waals surface area contributed by atoms with E-state index in [4.69, 9.17) is 14.2 Å². The molecule has 0 spiro atoms. The van der Waals surface area contributed by atoms with Gasteiger partial charge in [-0.15, -0.1) is 0 Å². The van der Waals surface area contributed by atoms with Crippen molar-refractivity contribution in [3.8, 4) is 0 Å². The summed E-state index contributed by atoms with van der Waals surface area (Å²) in [5.41, 5.74) is 0. The highest BCUT2D eigenvalue weighted by atomic mass is 16.6. The van der Waals surface area contributed by atoms with Crippen LogP contribution in [-0.2, 0) is 28.6 Å². The first kappa shape index (κ1) is 78.4. The molecule has 1 atom stereocenters. The van der Waals surface area contributed by atoms with Gasteiger partial charge in [0.05, 0.1) is 0 Å². The minimum Gasteiger partial charge on any atom is -0.462 e. The van der Waals surface area contributed by atoms with Crippen LogP contribution in [0.15, 0.2) is 48.6 Å². The quantitative estimate of drug-likeness (QED) is 0.0261. The van der Waals surface area contributed by atoms with Gasteiger partial charge in [-0.25, -0.2) is 0 Å². The Hall–Kier alpha value is -2.63. The van der Waals surface area contributed by atoms with Gasteiger partial charge in [0, 0.05) is 19.3 Å². The molecule has 474 valence electrons. The zero-order chi connectivity index (χ0) is 58.5. The number of allylic oxidation sites excluding steroid dienone is 8. The van der Waals surface area contributed by atoms with E-state index >= 15 is 0 Å². The highest BCUT2D eigenvalue weighted by Gasteiger charge is 2.19. The largest absolute Gasteiger partial charge is 0.462 e. The third-order valence-electron chi connectivity index (χ3n) is 16.3. The second kappa shape index (κ2) is 69.9. The molecule has 1 unspecified atom stereocenters. The maximum atomic E-state index is 13.0. The molecule has 81 heavy (non-hydrogen) atoms. The lowest BCUT2D eigenvalue weighted by Gasteiger charge is -2.18. The maximum absolute atomic E-state index is 13.0. The van der Waals surface area contributed by atoms with E-state index in [1.807, 2.05) is 0 Å². The Balaban J connectivity index is 4.25. The van der Waals surface area contributed by atoms with Crippen LogP contribution in [0.25, 0.3) is 0 Å². The van der Waals surface area contributed by atoms with E-state index in [9.17, 15) is 14.4 Å². The molecular formula is C75H138O6. The highest BCUT2D eigenvalue weighted by Crippen LogP contribution is 2.18. The van der Waals surface area contributed by atoms with E-state index in [0.717, 1.165) is 77.0 Å². The van der Waals surface area contributed by atoms with Gasteiger partial charge in [-0.05, 0) is 83.5 Å². The van der Waals surface area contributed by atoms with Crippen LogP contribution < -0.4 is 0 Å². The molecule has 0 aliphatic rings. The lowest BCUT2D eigenvalue weighted by Crippen LogP contribution is -2.30. The molecule has 0 heterocycles. The highest BCUT2D eigenvalue weighted by molar-refractivity contribution is 5.71. The lowest BCUT2D eigenvalue weighted by atomic mass is 10.0. The first-order valence-electron chi connectivity index (χ1n) is 36.1. The minimum absolute atomic E-state index is 0.0711. The van der Waals surface area contributed by atoms with Crippen molar-refractivity contribution in [2.24, 2.45) is 0 Å². The second-order valence-corrected chi connectivity index (χ2v) is 24.5. The topological polar surface area (TPSA) is 78.9 Å². The van der Waals surface area contributed by atoms with Gasteiger partial charge in [-0.3, -0.25) is 14.4 Å². The van der Waals surface area contributed by atoms with Crippen molar-refractivity contribution in [2.75, 3.05) is 13.2 Å². The number of ether oxygens (including phenoxy) is 3. The van der Waals surface area contributed by atoms with Crippen molar-refractivity contribution in [1.29, 1.82) is 0 Å². The molecule has 0 aliphatic carbocycles. The fraction of sp³-hybridized carbons (Fsp3) is 0.853. The van der Waals surface area contributed by atoms with Crippen molar-refractivity contribution < 1.29 is 28.6 Å². The number of hydrogen-bond donors (Lipinski definition) is 0. The van der Waals surface area contributed by atoms with E-state index in [1.165, 1.54) is 276 Å². The summed E-state index contributed by atoms with van der Waals surface area (Å²) in [5, 5.41) is 0. The molecule has 0 aromatic heterocycles. The van der Waals surface area contributed by atoms with Crippen molar-refractivity contribution >= 4 is 17.9 Å². The first-order chi connectivity index (χ1) is 40.0. The van der Waals surface area contributed by atoms with Crippen LogP contribution in [0.2, 0.25) is 0 Å². The first-order valence-corrected chi connectivity index (χ1v) is 36.1. The van der Waals surface area contributed by atoms with Crippen LogP contribution in [-0.4, -0.2) is 37.2 Å². The summed E-state index contributed by atoms with van der Waals surface area (Å²) < 4.78 is 17.0. The second-order valence-electron chi connectivity index (χ2n) is 24.5. The Morgan fingerprint density at radius 2 is 0.444 bits per heavy atom. The third kappa shape index (κ3) is 68.0. The molecule has 6 nitrogen and oxygen atoms in total. The summed E-state index contributed by atoms with van der Waals surface area (Å²) in [6.07, 6.45) is 88.5. The fourth-order valence-corrected chi connectivity index (χ4v) is 10.9. The molecule has 6 heteroatoms. The van der Waals surface area contributed by atoms with Crippen LogP contribution >= 0.6 is 0 Å². The van der Waals surface area contributed by atoms with E-state index < -0.39 is 6.10 Å². The van der Waals surface area contributed by atoms with Gasteiger partial charge in [0.1, 0.15) is 13.2 Å². The molecule has 0 saturated heterocycles. The smallest absolute Gasteiger partial charge is 0.306 e. The van der Waals surface area contributed by atoms with Gasteiger partial charge >= 0.3 is 17.9 Å². The fourth-order valence-electron chi connectivity index (χ4n) is 10.9. The van der Waals surface area contributed by atoms with E-state index in [0.29, 0.717) is 19.3 Å². The minimum atomic E-state index is -0.775. The Morgan fingerprint density at radius 1 is 0.247 bits per heavy atom. The predicted molar refractivity (Wildman–Crippen MR) is 353 cm³/mol. The summed E-state index contributed by atoms with van der Waals surface area (Å²) >= 11 is 0. The molecule has 0 saturated carbocycles. The Bertz CT molecular complexity index is 1400. The van der Waals surface area contributed by atoms with E-state index in [2.05, 4.69) is 69.4 Å². The molecule has 0 aliphatic heterocycles. The molecular weight excluding hydrogens is 997 g/mol. The number of hydrogen-bond acceptors (Lipinski definition) is 6. The van der Waals surface area contributed by atoms with Crippen molar-refractivity contribution in [3.63, 3.8) is 0 Å². The van der Waals surface area contributed by atoms with Gasteiger partial charge in [-0.1, -0.05) is 339 Å². The molecule has 0 aromatic rings. The Morgan fingerprint density at radius 3 is 0.704 bits per heavy atom. The van der Waals surface area contributed by atoms with Crippen LogP contribution in [0.5, 0.6) is 0 Å². The molecule has 0 aromatic carbocycles. The average molecular weight is 1140 g/mol. The molecule has 0 N–H and O–H groups in total. The predicted octanol–water partition coefficient (Wildman–Crippen LogP) is 24.9. The zero-order valence-electron chi connectivity index (χ0n) is 54.6. The van der Waals surface area contributed by atoms with Gasteiger partial charge in [0.25, 0.3) is 0 Å². The van der Waals surface area contributed by atoms with Crippen LogP contribution in [0.3, 0.4) is 0 Å². The third-order valence-corrected chi connectivity index (χ3v) is 16.3. The number of esters is 3. The number of carbonyl (C=O) groups excluding carboxylic acids is 3. The summed E-state index contributed by atoms with van der Waals surface area (Å²) in [5.74, 6) is -0.851. The molecule has 0 fully saturated rings. The maximum Gasteiger partial charge on any atom is 0.306 e. The van der Waals surface area contributed by atoms with Crippen molar-refractivity contribution in [1.82, 2.24) is 0 Å². The SMILES string of the molecule is CCCCCCC/C=C\C/C=C\C/C=C\CCCCCCCCCCCCCCCCC(=O)OCC(COC(=O)CCCCCCC/C=C\CCCCCCCCC)OC(=O)CCCCCCCCCCCCCCCCCCCC. The molecule has 0 radical (unpaired) electrons. The molecule has 0 bridgehead atoms. The number of rotatable bonds is 67. The van der Waals surface area contributed by atoms with E-state index in [1.54, 1.807) is 0 Å². The van der Waals surface area contributed by atoms with Gasteiger partial charge in [0.15, 0.2) is 6.10 Å². The van der Waals surface area contributed by atoms with E-state index in [-0.39, 0.29) is 31.1 Å². The van der Waals surface area contributed by atoms with Crippen molar-refractivity contribution in [3.05, 3.63) is 48.6 Å². The summed E-state index contributed by atoms with van der Waals surface area (Å²) in [7, 11) is 0. The molecule has 0 rings (SSSR count). The summed E-state index contributed by atoms with van der Waals surface area (Å²) in [6.45, 7) is 6.69. The monoisotopic (exact) mass is 1140 g/mol. The van der Waals surface area contributed by atoms with Crippen LogP contribution in [0.1, 0.15) is 393 Å². The Labute approximate surface area is 505 Å². The zero-order valence-corrected chi connectivity index (χ0v) is 54.6. The van der Waals surface area contributed by atoms with Gasteiger partial charge in [0.2, 0.25) is 0 Å². The van der Waals surface area contributed by atoms with Crippen LogP contribution in [0.4, 0.5) is 0 Å². The molecule has 0 amide bonds.